The van der Waals surface area contributed by atoms with Gasteiger partial charge in [0.15, 0.2) is 0 Å². The summed E-state index contributed by atoms with van der Waals surface area (Å²) < 4.78 is 0. The molecule has 0 aliphatic carbocycles. The Morgan fingerprint density at radius 1 is 0.462 bits per heavy atom. The molecule has 0 spiro atoms. The summed E-state index contributed by atoms with van der Waals surface area (Å²) >= 11 is 0. The van der Waals surface area contributed by atoms with Gasteiger partial charge in [-0.25, -0.2) is 0 Å². The summed E-state index contributed by atoms with van der Waals surface area (Å²) in [4.78, 5) is 2.60. The topological polar surface area (TPSA) is 3.24 Å². The first-order valence-corrected chi connectivity index (χ1v) is 14.3. The smallest absolute Gasteiger partial charge is 0.246 e. The first kappa shape index (κ1) is 24.1. The summed E-state index contributed by atoms with van der Waals surface area (Å²) in [6.45, 7) is 9.58. The second kappa shape index (κ2) is 9.35. The zero-order valence-corrected chi connectivity index (χ0v) is 23.2. The fourth-order valence-electron chi connectivity index (χ4n) is 6.73. The van der Waals surface area contributed by atoms with E-state index in [1.807, 2.05) is 0 Å². The summed E-state index contributed by atoms with van der Waals surface area (Å²) in [7, 11) is 0. The van der Waals surface area contributed by atoms with Crippen LogP contribution in [0.4, 0.5) is 17.1 Å². The molecule has 2 aliphatic heterocycles. The Kier molecular flexibility index (Phi) is 5.77. The van der Waals surface area contributed by atoms with Gasteiger partial charge in [0.1, 0.15) is 0 Å². The molecule has 0 bridgehead atoms. The van der Waals surface area contributed by atoms with Gasteiger partial charge in [-0.15, -0.1) is 0 Å². The molecule has 5 aromatic rings. The second-order valence-electron chi connectivity index (χ2n) is 11.8. The highest BCUT2D eigenvalue weighted by molar-refractivity contribution is 7.02. The minimum absolute atomic E-state index is 0.194. The standard InChI is InChI=1S/C36H33B2N/c1-24(2)26-18-20-30-34(22-26)39-35-23-27(25(3)4)19-21-31(35)38(29-14-9-6-10-15-29)33-17-11-16-32(36(33)39)37(30)28-12-7-5-8-13-28/h5-25H,1-4H3. The first-order valence-electron chi connectivity index (χ1n) is 14.3. The van der Waals surface area contributed by atoms with Crippen LogP contribution in [0.1, 0.15) is 50.7 Å². The molecule has 7 rings (SSSR count). The zero-order chi connectivity index (χ0) is 26.7. The molecule has 0 unspecified atom stereocenters. The molecule has 0 aromatic heterocycles. The van der Waals surface area contributed by atoms with E-state index in [1.54, 1.807) is 0 Å². The van der Waals surface area contributed by atoms with Crippen molar-refractivity contribution in [3.63, 3.8) is 0 Å². The van der Waals surface area contributed by atoms with E-state index in [-0.39, 0.29) is 13.4 Å². The van der Waals surface area contributed by atoms with Gasteiger partial charge < -0.3 is 4.90 Å². The predicted octanol–water partition coefficient (Wildman–Crippen LogP) is 5.06. The monoisotopic (exact) mass is 501 g/mol. The SMILES string of the molecule is CC(C)c1ccc2c(c1)N1c3cc(C(C)C)ccc3B(c3ccccc3)c3cccc(c31)B2c1ccccc1. The van der Waals surface area contributed by atoms with Crippen LogP contribution in [0.25, 0.3) is 0 Å². The molecule has 0 radical (unpaired) electrons. The van der Waals surface area contributed by atoms with Crippen LogP contribution in [0.15, 0.2) is 115 Å². The van der Waals surface area contributed by atoms with E-state index in [0.29, 0.717) is 11.8 Å². The lowest BCUT2D eigenvalue weighted by molar-refractivity contribution is 0.865. The van der Waals surface area contributed by atoms with Gasteiger partial charge >= 0.3 is 0 Å². The highest BCUT2D eigenvalue weighted by Crippen LogP contribution is 2.39. The van der Waals surface area contributed by atoms with Gasteiger partial charge in [0.05, 0.1) is 0 Å². The van der Waals surface area contributed by atoms with E-state index in [0.717, 1.165) is 0 Å². The van der Waals surface area contributed by atoms with Crippen LogP contribution in [0.2, 0.25) is 0 Å². The average Bonchev–Trinajstić information content (AvgIpc) is 2.97. The lowest BCUT2D eigenvalue weighted by atomic mass is 9.30. The van der Waals surface area contributed by atoms with Crippen LogP contribution in [-0.2, 0) is 0 Å². The summed E-state index contributed by atoms with van der Waals surface area (Å²) in [5.74, 6) is 0.927. The molecule has 0 atom stereocenters. The lowest BCUT2D eigenvalue weighted by Crippen LogP contribution is -2.65. The molecule has 0 amide bonds. The van der Waals surface area contributed by atoms with Gasteiger partial charge in [-0.1, -0.05) is 142 Å². The third-order valence-electron chi connectivity index (χ3n) is 8.76. The zero-order valence-electron chi connectivity index (χ0n) is 23.2. The molecule has 1 nitrogen and oxygen atoms in total. The Labute approximate surface area is 233 Å². The van der Waals surface area contributed by atoms with Crippen LogP contribution >= 0.6 is 0 Å². The Morgan fingerprint density at radius 2 is 0.897 bits per heavy atom. The average molecular weight is 501 g/mol. The van der Waals surface area contributed by atoms with Gasteiger partial charge in [-0.2, -0.15) is 0 Å². The largest absolute Gasteiger partial charge is 0.313 e. The highest BCUT2D eigenvalue weighted by atomic mass is 15.2. The van der Waals surface area contributed by atoms with E-state index in [9.17, 15) is 0 Å². The Hall–Kier alpha value is -3.97. The van der Waals surface area contributed by atoms with E-state index in [2.05, 4.69) is 148 Å². The number of rotatable bonds is 4. The van der Waals surface area contributed by atoms with E-state index >= 15 is 0 Å². The Bertz CT molecular complexity index is 1550. The second-order valence-corrected chi connectivity index (χ2v) is 11.8. The lowest BCUT2D eigenvalue weighted by Gasteiger charge is -2.44. The molecule has 0 N–H and O–H groups in total. The fourth-order valence-corrected chi connectivity index (χ4v) is 6.73. The van der Waals surface area contributed by atoms with E-state index in [1.165, 1.54) is 61.0 Å². The van der Waals surface area contributed by atoms with Crippen molar-refractivity contribution in [3.05, 3.63) is 126 Å². The molecule has 5 aromatic carbocycles. The summed E-state index contributed by atoms with van der Waals surface area (Å²) in [6, 6.07) is 43.5. The number of hydrogen-bond acceptors (Lipinski definition) is 1. The third-order valence-corrected chi connectivity index (χ3v) is 8.76. The van der Waals surface area contributed by atoms with Crippen molar-refractivity contribution >= 4 is 63.3 Å². The molecule has 2 aliphatic rings. The van der Waals surface area contributed by atoms with Gasteiger partial charge in [0, 0.05) is 17.1 Å². The van der Waals surface area contributed by atoms with Crippen molar-refractivity contribution in [1.29, 1.82) is 0 Å². The molecule has 0 saturated heterocycles. The molecular weight excluding hydrogens is 468 g/mol. The van der Waals surface area contributed by atoms with Gasteiger partial charge in [-0.3, -0.25) is 0 Å². The molecule has 0 saturated carbocycles. The minimum Gasteiger partial charge on any atom is -0.313 e. The number of nitrogens with zero attached hydrogens (tertiary/aromatic N) is 1. The van der Waals surface area contributed by atoms with Gasteiger partial charge in [-0.05, 0) is 56.9 Å². The Balaban J connectivity index is 1.59. The summed E-state index contributed by atoms with van der Waals surface area (Å²) in [5, 5.41) is 0. The molecule has 0 fully saturated rings. The van der Waals surface area contributed by atoms with Gasteiger partial charge in [0.25, 0.3) is 0 Å². The maximum Gasteiger partial charge on any atom is 0.246 e. The number of benzene rings is 5. The summed E-state index contributed by atoms with van der Waals surface area (Å²) in [6.07, 6.45) is 0. The quantitative estimate of drug-likeness (QED) is 0.305. The van der Waals surface area contributed by atoms with Crippen molar-refractivity contribution in [2.45, 2.75) is 39.5 Å². The van der Waals surface area contributed by atoms with Crippen molar-refractivity contribution in [3.8, 4) is 0 Å². The van der Waals surface area contributed by atoms with Gasteiger partial charge in [0.2, 0.25) is 13.4 Å². The fraction of sp³-hybridized carbons (Fsp3) is 0.167. The number of anilines is 3. The molecular formula is C36H33B2N. The number of para-hydroxylation sites is 1. The normalized spacial score (nSPS) is 13.4. The highest BCUT2D eigenvalue weighted by Gasteiger charge is 2.43. The van der Waals surface area contributed by atoms with E-state index < -0.39 is 0 Å². The number of fused-ring (bicyclic) bond motifs is 4. The van der Waals surface area contributed by atoms with Crippen LogP contribution in [0, 0.1) is 0 Å². The molecule has 39 heavy (non-hydrogen) atoms. The van der Waals surface area contributed by atoms with E-state index in [4.69, 9.17) is 0 Å². The van der Waals surface area contributed by atoms with Crippen LogP contribution in [0.5, 0.6) is 0 Å². The van der Waals surface area contributed by atoms with Crippen molar-refractivity contribution in [2.75, 3.05) is 4.90 Å². The Morgan fingerprint density at radius 3 is 1.31 bits per heavy atom. The molecule has 2 heterocycles. The van der Waals surface area contributed by atoms with Crippen molar-refractivity contribution in [1.82, 2.24) is 0 Å². The number of hydrogen-bond donors (Lipinski definition) is 0. The maximum absolute atomic E-state index is 2.60. The van der Waals surface area contributed by atoms with Crippen LogP contribution in [-0.4, -0.2) is 13.4 Å². The molecule has 188 valence electrons. The predicted molar refractivity (Wildman–Crippen MR) is 171 cm³/mol. The van der Waals surface area contributed by atoms with Crippen molar-refractivity contribution in [2.24, 2.45) is 0 Å². The van der Waals surface area contributed by atoms with Crippen LogP contribution in [0.3, 0.4) is 0 Å². The third kappa shape index (κ3) is 3.79. The minimum atomic E-state index is 0.194. The first-order chi connectivity index (χ1) is 19.0. The van der Waals surface area contributed by atoms with Crippen molar-refractivity contribution < 1.29 is 0 Å². The maximum atomic E-state index is 2.60. The molecule has 3 heteroatoms. The van der Waals surface area contributed by atoms with Crippen LogP contribution < -0.4 is 37.7 Å². The summed E-state index contributed by atoms with van der Waals surface area (Å²) in [5.41, 5.74) is 15.0.